The zero-order chi connectivity index (χ0) is 11.6. The molecule has 0 amide bonds. The Labute approximate surface area is 99.7 Å². The van der Waals surface area contributed by atoms with Crippen LogP contribution in [0.15, 0.2) is 49.6 Å². The van der Waals surface area contributed by atoms with Crippen molar-refractivity contribution >= 4 is 0 Å². The lowest BCUT2D eigenvalue weighted by atomic mass is 10.0. The molecule has 1 aromatic carbocycles. The van der Waals surface area contributed by atoms with Crippen LogP contribution in [-0.2, 0) is 12.8 Å². The van der Waals surface area contributed by atoms with Gasteiger partial charge in [0, 0.05) is 0 Å². The Hall–Kier alpha value is -1.30. The summed E-state index contributed by atoms with van der Waals surface area (Å²) >= 11 is 0. The first-order valence-corrected chi connectivity index (χ1v) is 6.16. The van der Waals surface area contributed by atoms with Gasteiger partial charge in [0.05, 0.1) is 0 Å². The lowest BCUT2D eigenvalue weighted by Crippen LogP contribution is -1.88. The van der Waals surface area contributed by atoms with Crippen molar-refractivity contribution in [3.8, 4) is 0 Å². The molecule has 0 aromatic heterocycles. The van der Waals surface area contributed by atoms with Crippen molar-refractivity contribution in [2.45, 2.75) is 38.5 Å². The summed E-state index contributed by atoms with van der Waals surface area (Å²) in [4.78, 5) is 0. The summed E-state index contributed by atoms with van der Waals surface area (Å²) in [6.45, 7) is 7.48. The summed E-state index contributed by atoms with van der Waals surface area (Å²) in [5.74, 6) is 0. The molecule has 0 radical (unpaired) electrons. The van der Waals surface area contributed by atoms with Crippen LogP contribution >= 0.6 is 0 Å². The fourth-order valence-corrected chi connectivity index (χ4v) is 1.77. The van der Waals surface area contributed by atoms with Crippen LogP contribution in [0.5, 0.6) is 0 Å². The predicted molar refractivity (Wildman–Crippen MR) is 72.7 cm³/mol. The molecule has 0 saturated heterocycles. The number of hydrogen-bond acceptors (Lipinski definition) is 0. The third-order valence-electron chi connectivity index (χ3n) is 2.77. The highest BCUT2D eigenvalue weighted by molar-refractivity contribution is 5.22. The molecule has 0 atom stereocenters. The Balaban J connectivity index is 2.35. The van der Waals surface area contributed by atoms with Gasteiger partial charge in [-0.05, 0) is 49.7 Å². The summed E-state index contributed by atoms with van der Waals surface area (Å²) in [6, 6.07) is 9.03. The molecule has 86 valence electrons. The number of unbranched alkanes of at least 4 members (excludes halogenated alkanes) is 2. The fraction of sp³-hybridized carbons (Fsp3) is 0.375. The van der Waals surface area contributed by atoms with Crippen LogP contribution in [-0.4, -0.2) is 0 Å². The van der Waals surface area contributed by atoms with E-state index in [2.05, 4.69) is 37.4 Å². The first-order valence-electron chi connectivity index (χ1n) is 6.16. The molecule has 0 aliphatic rings. The van der Waals surface area contributed by atoms with Gasteiger partial charge in [-0.25, -0.2) is 0 Å². The van der Waals surface area contributed by atoms with Crippen molar-refractivity contribution in [2.75, 3.05) is 0 Å². The van der Waals surface area contributed by atoms with Crippen LogP contribution < -0.4 is 0 Å². The van der Waals surface area contributed by atoms with Crippen LogP contribution in [0, 0.1) is 0 Å². The van der Waals surface area contributed by atoms with Crippen molar-refractivity contribution in [3.05, 3.63) is 60.7 Å². The molecule has 0 aliphatic carbocycles. The van der Waals surface area contributed by atoms with Crippen molar-refractivity contribution in [1.82, 2.24) is 0 Å². The highest BCUT2D eigenvalue weighted by Crippen LogP contribution is 2.10. The number of rotatable bonds is 8. The minimum Gasteiger partial charge on any atom is -0.103 e. The van der Waals surface area contributed by atoms with Crippen LogP contribution in [0.4, 0.5) is 0 Å². The van der Waals surface area contributed by atoms with Crippen molar-refractivity contribution < 1.29 is 0 Å². The molecule has 0 heteroatoms. The molecule has 0 N–H and O–H groups in total. The second-order valence-corrected chi connectivity index (χ2v) is 4.18. The summed E-state index contributed by atoms with van der Waals surface area (Å²) in [5, 5.41) is 0. The van der Waals surface area contributed by atoms with E-state index in [0.717, 1.165) is 12.8 Å². The van der Waals surface area contributed by atoms with Gasteiger partial charge in [0.25, 0.3) is 0 Å². The second-order valence-electron chi connectivity index (χ2n) is 4.18. The fourth-order valence-electron chi connectivity index (χ4n) is 1.77. The molecule has 0 spiro atoms. The van der Waals surface area contributed by atoms with E-state index in [0.29, 0.717) is 0 Å². The third kappa shape index (κ3) is 4.97. The van der Waals surface area contributed by atoms with Gasteiger partial charge in [0.1, 0.15) is 0 Å². The lowest BCUT2D eigenvalue weighted by Gasteiger charge is -2.03. The van der Waals surface area contributed by atoms with E-state index < -0.39 is 0 Å². The Morgan fingerprint density at radius 3 is 1.44 bits per heavy atom. The molecule has 0 heterocycles. The molecule has 16 heavy (non-hydrogen) atoms. The van der Waals surface area contributed by atoms with Crippen LogP contribution in [0.3, 0.4) is 0 Å². The molecular weight excluding hydrogens is 192 g/mol. The van der Waals surface area contributed by atoms with E-state index in [1.54, 1.807) is 0 Å². The van der Waals surface area contributed by atoms with Gasteiger partial charge >= 0.3 is 0 Å². The Morgan fingerprint density at radius 1 is 0.750 bits per heavy atom. The normalized spacial score (nSPS) is 10.0. The zero-order valence-corrected chi connectivity index (χ0v) is 10.1. The monoisotopic (exact) mass is 214 g/mol. The van der Waals surface area contributed by atoms with Gasteiger partial charge in [-0.1, -0.05) is 36.4 Å². The Bertz CT molecular complexity index is 272. The first kappa shape index (κ1) is 12.8. The average Bonchev–Trinajstić information content (AvgIpc) is 2.32. The van der Waals surface area contributed by atoms with Crippen LogP contribution in [0.25, 0.3) is 0 Å². The van der Waals surface area contributed by atoms with Gasteiger partial charge in [-0.2, -0.15) is 0 Å². The van der Waals surface area contributed by atoms with E-state index in [9.17, 15) is 0 Å². The maximum atomic E-state index is 3.74. The van der Waals surface area contributed by atoms with E-state index in [1.807, 2.05) is 12.2 Å². The summed E-state index contributed by atoms with van der Waals surface area (Å²) < 4.78 is 0. The number of allylic oxidation sites excluding steroid dienone is 2. The zero-order valence-electron chi connectivity index (χ0n) is 10.1. The van der Waals surface area contributed by atoms with Crippen LogP contribution in [0.1, 0.15) is 36.8 Å². The lowest BCUT2D eigenvalue weighted by molar-refractivity contribution is 0.832. The summed E-state index contributed by atoms with van der Waals surface area (Å²) in [7, 11) is 0. The van der Waals surface area contributed by atoms with E-state index in [4.69, 9.17) is 0 Å². The third-order valence-corrected chi connectivity index (χ3v) is 2.77. The molecule has 0 nitrogen and oxygen atoms in total. The first-order chi connectivity index (χ1) is 7.86. The number of hydrogen-bond donors (Lipinski definition) is 0. The molecule has 0 bridgehead atoms. The predicted octanol–water partition coefficient (Wildman–Crippen LogP) is 4.70. The Kier molecular flexibility index (Phi) is 6.32. The minimum absolute atomic E-state index is 1.11. The number of aryl methyl sites for hydroxylation is 2. The van der Waals surface area contributed by atoms with Gasteiger partial charge < -0.3 is 0 Å². The standard InChI is InChI=1S/C16H22/c1-3-5-7-9-15-11-13-16(14-12-15)10-8-6-4-2/h3-4,11-14H,1-2,5-10H2. The SMILES string of the molecule is C=CCCCc1ccc(CCCC=C)cc1. The maximum absolute atomic E-state index is 3.74. The quantitative estimate of drug-likeness (QED) is 0.434. The van der Waals surface area contributed by atoms with Crippen molar-refractivity contribution in [3.63, 3.8) is 0 Å². The molecule has 1 aromatic rings. The summed E-state index contributed by atoms with van der Waals surface area (Å²) in [6.07, 6.45) is 11.0. The van der Waals surface area contributed by atoms with Crippen LogP contribution in [0.2, 0.25) is 0 Å². The molecule has 1 rings (SSSR count). The molecular formula is C16H22. The van der Waals surface area contributed by atoms with Gasteiger partial charge in [0.2, 0.25) is 0 Å². The van der Waals surface area contributed by atoms with Gasteiger partial charge in [-0.3, -0.25) is 0 Å². The topological polar surface area (TPSA) is 0 Å². The van der Waals surface area contributed by atoms with E-state index in [-0.39, 0.29) is 0 Å². The minimum atomic E-state index is 1.11. The highest BCUT2D eigenvalue weighted by atomic mass is 14.0. The smallest absolute Gasteiger partial charge is 0.0276 e. The van der Waals surface area contributed by atoms with Gasteiger partial charge in [-0.15, -0.1) is 13.2 Å². The Morgan fingerprint density at radius 2 is 1.12 bits per heavy atom. The van der Waals surface area contributed by atoms with Gasteiger partial charge in [0.15, 0.2) is 0 Å². The van der Waals surface area contributed by atoms with Crippen molar-refractivity contribution in [2.24, 2.45) is 0 Å². The molecule has 0 saturated carbocycles. The van der Waals surface area contributed by atoms with E-state index >= 15 is 0 Å². The van der Waals surface area contributed by atoms with Crippen molar-refractivity contribution in [1.29, 1.82) is 0 Å². The highest BCUT2D eigenvalue weighted by Gasteiger charge is 1.94. The second kappa shape index (κ2) is 7.92. The largest absolute Gasteiger partial charge is 0.103 e. The van der Waals surface area contributed by atoms with E-state index in [1.165, 1.54) is 36.8 Å². The molecule has 0 aliphatic heterocycles. The maximum Gasteiger partial charge on any atom is -0.0276 e. The molecule has 0 fully saturated rings. The number of benzene rings is 1. The summed E-state index contributed by atoms with van der Waals surface area (Å²) in [5.41, 5.74) is 2.88. The molecule has 0 unspecified atom stereocenters. The average molecular weight is 214 g/mol.